The average Bonchev–Trinajstić information content (AvgIpc) is 2.45. The topological polar surface area (TPSA) is 46.3 Å². The van der Waals surface area contributed by atoms with Crippen LogP contribution < -0.4 is 5.73 Å². The highest BCUT2D eigenvalue weighted by molar-refractivity contribution is 5.85. The fourth-order valence-corrected chi connectivity index (χ4v) is 2.15. The summed E-state index contributed by atoms with van der Waals surface area (Å²) in [6, 6.07) is 14.1. The Balaban J connectivity index is 0.00000200. The van der Waals surface area contributed by atoms with E-state index in [1.165, 1.54) is 10.8 Å². The first-order valence-electron chi connectivity index (χ1n) is 6.60. The van der Waals surface area contributed by atoms with Crippen molar-refractivity contribution in [1.82, 2.24) is 4.90 Å². The van der Waals surface area contributed by atoms with Gasteiger partial charge in [0.1, 0.15) is 0 Å². The largest absolute Gasteiger partial charge is 0.340 e. The zero-order valence-electron chi connectivity index (χ0n) is 11.9. The summed E-state index contributed by atoms with van der Waals surface area (Å²) in [4.78, 5) is 13.6. The molecule has 0 aliphatic carbocycles. The molecule has 2 aromatic rings. The fraction of sp³-hybridized carbons (Fsp3) is 0.312. The van der Waals surface area contributed by atoms with Crippen molar-refractivity contribution >= 4 is 29.1 Å². The Labute approximate surface area is 126 Å². The van der Waals surface area contributed by atoms with Gasteiger partial charge in [-0.15, -0.1) is 12.4 Å². The summed E-state index contributed by atoms with van der Waals surface area (Å²) in [5, 5.41) is 2.41. The lowest BCUT2D eigenvalue weighted by Crippen LogP contribution is -2.40. The summed E-state index contributed by atoms with van der Waals surface area (Å²) < 4.78 is 0. The van der Waals surface area contributed by atoms with Crippen LogP contribution in [0.2, 0.25) is 0 Å². The van der Waals surface area contributed by atoms with Gasteiger partial charge in [-0.25, -0.2) is 0 Å². The number of benzene rings is 2. The van der Waals surface area contributed by atoms with Gasteiger partial charge in [-0.2, -0.15) is 0 Å². The van der Waals surface area contributed by atoms with E-state index >= 15 is 0 Å². The minimum absolute atomic E-state index is 0. The van der Waals surface area contributed by atoms with Crippen molar-refractivity contribution in [3.05, 3.63) is 48.0 Å². The standard InChI is InChI=1S/C16H20N2O.ClH/c1-3-15(17)16(19)18(2)11-12-8-9-13-6-4-5-7-14(13)10-12;/h4-10,15H,3,11,17H2,1-2H3;1H/t15-;/m0./s1. The molecule has 0 unspecified atom stereocenters. The predicted octanol–water partition coefficient (Wildman–Crippen LogP) is 2.96. The zero-order chi connectivity index (χ0) is 13.8. The van der Waals surface area contributed by atoms with Crippen LogP contribution in [-0.4, -0.2) is 23.9 Å². The molecule has 0 aliphatic heterocycles. The molecule has 2 N–H and O–H groups in total. The molecule has 1 amide bonds. The second-order valence-corrected chi connectivity index (χ2v) is 4.89. The van der Waals surface area contributed by atoms with Gasteiger partial charge >= 0.3 is 0 Å². The summed E-state index contributed by atoms with van der Waals surface area (Å²) in [5.74, 6) is -0.00402. The lowest BCUT2D eigenvalue weighted by molar-refractivity contribution is -0.131. The molecule has 20 heavy (non-hydrogen) atoms. The van der Waals surface area contributed by atoms with Gasteiger partial charge < -0.3 is 10.6 Å². The Kier molecular flexibility index (Phi) is 5.99. The van der Waals surface area contributed by atoms with E-state index in [4.69, 9.17) is 5.73 Å². The summed E-state index contributed by atoms with van der Waals surface area (Å²) >= 11 is 0. The van der Waals surface area contributed by atoms with E-state index in [9.17, 15) is 4.79 Å². The van der Waals surface area contributed by atoms with E-state index in [0.717, 1.165) is 5.56 Å². The highest BCUT2D eigenvalue weighted by Crippen LogP contribution is 2.16. The molecule has 0 aromatic heterocycles. The Bertz CT molecular complexity index is 585. The number of carbonyl (C=O) groups excluding carboxylic acids is 1. The number of halogens is 1. The third kappa shape index (κ3) is 3.71. The highest BCUT2D eigenvalue weighted by atomic mass is 35.5. The average molecular weight is 293 g/mol. The minimum atomic E-state index is -0.398. The number of likely N-dealkylation sites (N-methyl/N-ethyl adjacent to an activating group) is 1. The first-order chi connectivity index (χ1) is 9.11. The molecule has 0 spiro atoms. The first-order valence-corrected chi connectivity index (χ1v) is 6.60. The molecule has 2 rings (SSSR count). The molecule has 3 nitrogen and oxygen atoms in total. The van der Waals surface area contributed by atoms with Crippen LogP contribution in [0.1, 0.15) is 18.9 Å². The Hall–Kier alpha value is -1.58. The van der Waals surface area contributed by atoms with Crippen LogP contribution in [0.5, 0.6) is 0 Å². The van der Waals surface area contributed by atoms with Crippen molar-refractivity contribution in [2.24, 2.45) is 5.73 Å². The summed E-state index contributed by atoms with van der Waals surface area (Å²) in [7, 11) is 1.80. The molecule has 0 saturated heterocycles. The molecule has 0 radical (unpaired) electrons. The van der Waals surface area contributed by atoms with Crippen LogP contribution in [0, 0.1) is 0 Å². The van der Waals surface area contributed by atoms with E-state index in [2.05, 4.69) is 30.3 Å². The maximum absolute atomic E-state index is 11.9. The second-order valence-electron chi connectivity index (χ2n) is 4.89. The molecule has 4 heteroatoms. The van der Waals surface area contributed by atoms with E-state index in [1.807, 2.05) is 19.1 Å². The van der Waals surface area contributed by atoms with Gasteiger partial charge in [-0.1, -0.05) is 43.3 Å². The number of carbonyl (C=O) groups is 1. The van der Waals surface area contributed by atoms with Crippen LogP contribution in [0.15, 0.2) is 42.5 Å². The molecule has 0 saturated carbocycles. The third-order valence-electron chi connectivity index (χ3n) is 3.37. The number of nitrogens with two attached hydrogens (primary N) is 1. The Morgan fingerprint density at radius 2 is 1.85 bits per heavy atom. The lowest BCUT2D eigenvalue weighted by Gasteiger charge is -2.20. The van der Waals surface area contributed by atoms with E-state index in [0.29, 0.717) is 13.0 Å². The van der Waals surface area contributed by atoms with Crippen molar-refractivity contribution in [1.29, 1.82) is 0 Å². The smallest absolute Gasteiger partial charge is 0.239 e. The van der Waals surface area contributed by atoms with Gasteiger partial charge in [0.2, 0.25) is 5.91 Å². The second kappa shape index (κ2) is 7.27. The van der Waals surface area contributed by atoms with Crippen LogP contribution in [0.3, 0.4) is 0 Å². The number of rotatable bonds is 4. The number of amides is 1. The number of hydrogen-bond donors (Lipinski definition) is 1. The third-order valence-corrected chi connectivity index (χ3v) is 3.37. The molecule has 0 heterocycles. The molecule has 1 atom stereocenters. The monoisotopic (exact) mass is 292 g/mol. The van der Waals surface area contributed by atoms with Crippen molar-refractivity contribution < 1.29 is 4.79 Å². The molecule has 108 valence electrons. The van der Waals surface area contributed by atoms with Crippen molar-refractivity contribution in [3.63, 3.8) is 0 Å². The summed E-state index contributed by atoms with van der Waals surface area (Å²) in [6.45, 7) is 2.52. The number of nitrogens with zero attached hydrogens (tertiary/aromatic N) is 1. The molecule has 0 fully saturated rings. The predicted molar refractivity (Wildman–Crippen MR) is 85.9 cm³/mol. The molecule has 2 aromatic carbocycles. The normalized spacial score (nSPS) is 11.8. The molecule has 0 aliphatic rings. The van der Waals surface area contributed by atoms with Gasteiger partial charge in [-0.3, -0.25) is 4.79 Å². The fourth-order valence-electron chi connectivity index (χ4n) is 2.15. The van der Waals surface area contributed by atoms with Crippen LogP contribution >= 0.6 is 12.4 Å². The molecular weight excluding hydrogens is 272 g/mol. The SMILES string of the molecule is CC[C@H](N)C(=O)N(C)Cc1ccc2ccccc2c1.Cl. The molecule has 0 bridgehead atoms. The number of fused-ring (bicyclic) bond motifs is 1. The summed E-state index contributed by atoms with van der Waals surface area (Å²) in [5.41, 5.74) is 6.89. The lowest BCUT2D eigenvalue weighted by atomic mass is 10.1. The number of hydrogen-bond acceptors (Lipinski definition) is 2. The highest BCUT2D eigenvalue weighted by Gasteiger charge is 2.16. The maximum Gasteiger partial charge on any atom is 0.239 e. The van der Waals surface area contributed by atoms with Gasteiger partial charge in [0.25, 0.3) is 0 Å². The minimum Gasteiger partial charge on any atom is -0.340 e. The quantitative estimate of drug-likeness (QED) is 0.942. The van der Waals surface area contributed by atoms with Crippen molar-refractivity contribution in [3.8, 4) is 0 Å². The van der Waals surface area contributed by atoms with Crippen LogP contribution in [0.25, 0.3) is 10.8 Å². The van der Waals surface area contributed by atoms with Crippen LogP contribution in [0.4, 0.5) is 0 Å². The zero-order valence-corrected chi connectivity index (χ0v) is 12.7. The van der Waals surface area contributed by atoms with Gasteiger partial charge in [0.05, 0.1) is 6.04 Å². The van der Waals surface area contributed by atoms with Gasteiger partial charge in [0.15, 0.2) is 0 Å². The van der Waals surface area contributed by atoms with E-state index in [-0.39, 0.29) is 18.3 Å². The van der Waals surface area contributed by atoms with Gasteiger partial charge in [-0.05, 0) is 28.8 Å². The summed E-state index contributed by atoms with van der Waals surface area (Å²) in [6.07, 6.45) is 0.668. The van der Waals surface area contributed by atoms with Gasteiger partial charge in [0, 0.05) is 13.6 Å². The van der Waals surface area contributed by atoms with E-state index < -0.39 is 6.04 Å². The Morgan fingerprint density at radius 3 is 2.50 bits per heavy atom. The first kappa shape index (κ1) is 16.5. The van der Waals surface area contributed by atoms with E-state index in [1.54, 1.807) is 11.9 Å². The maximum atomic E-state index is 11.9. The van der Waals surface area contributed by atoms with Crippen molar-refractivity contribution in [2.45, 2.75) is 25.9 Å². The molecular formula is C16H21ClN2O. The van der Waals surface area contributed by atoms with Crippen molar-refractivity contribution in [2.75, 3.05) is 7.05 Å². The Morgan fingerprint density at radius 1 is 1.20 bits per heavy atom. The van der Waals surface area contributed by atoms with Crippen LogP contribution in [-0.2, 0) is 11.3 Å².